The van der Waals surface area contributed by atoms with Gasteiger partial charge >= 0.3 is 0 Å². The number of rotatable bonds is 2. The molecule has 0 amide bonds. The first kappa shape index (κ1) is 13.2. The van der Waals surface area contributed by atoms with Crippen molar-refractivity contribution < 1.29 is 4.42 Å². The number of fused-ring (bicyclic) bond motifs is 4. The maximum Gasteiger partial charge on any atom is 0.136 e. The van der Waals surface area contributed by atoms with Crippen LogP contribution in [-0.2, 0) is 0 Å². The third-order valence-corrected chi connectivity index (χ3v) is 4.43. The highest BCUT2D eigenvalue weighted by atomic mass is 16.3. The fourth-order valence-corrected chi connectivity index (χ4v) is 3.28. The first-order chi connectivity index (χ1) is 11.9. The van der Waals surface area contributed by atoms with Gasteiger partial charge in [0.15, 0.2) is 0 Å². The topological polar surface area (TPSA) is 25.2 Å². The van der Waals surface area contributed by atoms with Crippen LogP contribution in [0.2, 0.25) is 0 Å². The molecule has 0 saturated carbocycles. The summed E-state index contributed by atoms with van der Waals surface area (Å²) in [7, 11) is 0. The summed E-state index contributed by atoms with van der Waals surface area (Å²) in [6.07, 6.45) is 0. The van der Waals surface area contributed by atoms with Crippen molar-refractivity contribution in [2.45, 2.75) is 0 Å². The Morgan fingerprint density at radius 2 is 1.42 bits per heavy atom. The highest BCUT2D eigenvalue weighted by molar-refractivity contribution is 6.12. The zero-order chi connectivity index (χ0) is 15.9. The van der Waals surface area contributed by atoms with Crippen LogP contribution in [0.4, 0.5) is 11.4 Å². The molecular formula is C22H15NO. The fraction of sp³-hybridized carbons (Fsp3) is 0. The number of para-hydroxylation sites is 2. The Morgan fingerprint density at radius 1 is 0.583 bits per heavy atom. The monoisotopic (exact) mass is 309 g/mol. The molecule has 0 aliphatic heterocycles. The highest BCUT2D eigenvalue weighted by Gasteiger charge is 2.09. The van der Waals surface area contributed by atoms with E-state index in [4.69, 9.17) is 4.42 Å². The lowest BCUT2D eigenvalue weighted by Gasteiger charge is -2.10. The van der Waals surface area contributed by atoms with E-state index in [2.05, 4.69) is 59.9 Å². The lowest BCUT2D eigenvalue weighted by atomic mass is 10.0. The molecule has 0 saturated heterocycles. The molecule has 0 unspecified atom stereocenters. The molecule has 1 N–H and O–H groups in total. The third kappa shape index (κ3) is 2.04. The van der Waals surface area contributed by atoms with Gasteiger partial charge in [0.1, 0.15) is 11.2 Å². The van der Waals surface area contributed by atoms with Crippen molar-refractivity contribution in [1.29, 1.82) is 0 Å². The summed E-state index contributed by atoms with van der Waals surface area (Å²) in [4.78, 5) is 0. The average Bonchev–Trinajstić information content (AvgIpc) is 2.99. The van der Waals surface area contributed by atoms with Gasteiger partial charge in [-0.25, -0.2) is 0 Å². The Kier molecular flexibility index (Phi) is 2.83. The molecule has 4 aromatic carbocycles. The van der Waals surface area contributed by atoms with E-state index in [1.165, 1.54) is 10.8 Å². The third-order valence-electron chi connectivity index (χ3n) is 4.43. The van der Waals surface area contributed by atoms with Crippen molar-refractivity contribution in [2.75, 3.05) is 5.32 Å². The summed E-state index contributed by atoms with van der Waals surface area (Å²) in [5, 5.41) is 8.19. The molecule has 0 radical (unpaired) electrons. The van der Waals surface area contributed by atoms with Crippen molar-refractivity contribution in [1.82, 2.24) is 0 Å². The fourth-order valence-electron chi connectivity index (χ4n) is 3.28. The van der Waals surface area contributed by atoms with Crippen molar-refractivity contribution in [3.63, 3.8) is 0 Å². The number of benzene rings is 4. The van der Waals surface area contributed by atoms with E-state index in [0.717, 1.165) is 33.3 Å². The molecule has 0 aliphatic carbocycles. The molecule has 1 heterocycles. The van der Waals surface area contributed by atoms with Crippen LogP contribution in [-0.4, -0.2) is 0 Å². The van der Waals surface area contributed by atoms with E-state index < -0.39 is 0 Å². The maximum atomic E-state index is 6.00. The van der Waals surface area contributed by atoms with Crippen LogP contribution in [0.15, 0.2) is 89.3 Å². The van der Waals surface area contributed by atoms with Gasteiger partial charge in [0.05, 0.1) is 0 Å². The average molecular weight is 309 g/mol. The van der Waals surface area contributed by atoms with Gasteiger partial charge in [-0.3, -0.25) is 0 Å². The van der Waals surface area contributed by atoms with E-state index in [0.29, 0.717) is 0 Å². The number of hydrogen-bond donors (Lipinski definition) is 1. The molecule has 5 aromatic rings. The minimum atomic E-state index is 0.931. The Bertz CT molecular complexity index is 1170. The van der Waals surface area contributed by atoms with Crippen molar-refractivity contribution >= 4 is 44.1 Å². The van der Waals surface area contributed by atoms with E-state index in [1.807, 2.05) is 30.3 Å². The lowest BCUT2D eigenvalue weighted by molar-refractivity contribution is 0.669. The van der Waals surface area contributed by atoms with Crippen LogP contribution >= 0.6 is 0 Å². The standard InChI is InChI=1S/C22H15NO/c1-2-8-16(9-3-1)23-20-11-6-7-15-13-22-19(14-18(15)20)17-10-4-5-12-21(17)24-22/h1-14,23H. The quantitative estimate of drug-likeness (QED) is 0.403. The van der Waals surface area contributed by atoms with Gasteiger partial charge in [-0.1, -0.05) is 48.5 Å². The van der Waals surface area contributed by atoms with Crippen LogP contribution < -0.4 is 5.32 Å². The molecule has 2 nitrogen and oxygen atoms in total. The molecular weight excluding hydrogens is 294 g/mol. The molecule has 5 rings (SSSR count). The smallest absolute Gasteiger partial charge is 0.136 e. The zero-order valence-corrected chi connectivity index (χ0v) is 13.0. The van der Waals surface area contributed by atoms with E-state index in [-0.39, 0.29) is 0 Å². The molecule has 0 bridgehead atoms. The Labute approximate surface area is 139 Å². The van der Waals surface area contributed by atoms with Crippen molar-refractivity contribution in [2.24, 2.45) is 0 Å². The second kappa shape index (κ2) is 5.14. The first-order valence-corrected chi connectivity index (χ1v) is 8.04. The predicted octanol–water partition coefficient (Wildman–Crippen LogP) is 6.48. The summed E-state index contributed by atoms with van der Waals surface area (Å²) < 4.78 is 6.00. The first-order valence-electron chi connectivity index (χ1n) is 8.04. The lowest BCUT2D eigenvalue weighted by Crippen LogP contribution is -1.90. The van der Waals surface area contributed by atoms with Gasteiger partial charge in [0, 0.05) is 27.5 Å². The summed E-state index contributed by atoms with van der Waals surface area (Å²) in [5.74, 6) is 0. The van der Waals surface area contributed by atoms with Crippen molar-refractivity contribution in [3.05, 3.63) is 84.9 Å². The van der Waals surface area contributed by atoms with Crippen LogP contribution in [0.3, 0.4) is 0 Å². The van der Waals surface area contributed by atoms with Crippen LogP contribution in [0.1, 0.15) is 0 Å². The number of anilines is 2. The molecule has 0 fully saturated rings. The van der Waals surface area contributed by atoms with Gasteiger partial charge in [0.2, 0.25) is 0 Å². The van der Waals surface area contributed by atoms with Gasteiger partial charge in [0.25, 0.3) is 0 Å². The van der Waals surface area contributed by atoms with E-state index in [1.54, 1.807) is 0 Å². The number of nitrogens with one attached hydrogen (secondary N) is 1. The Hall–Kier alpha value is -3.26. The molecule has 1 aromatic heterocycles. The summed E-state index contributed by atoms with van der Waals surface area (Å²) in [6.45, 7) is 0. The SMILES string of the molecule is c1ccc(Nc2cccc3cc4oc5ccccc5c4cc23)cc1. The Morgan fingerprint density at radius 3 is 2.33 bits per heavy atom. The largest absolute Gasteiger partial charge is 0.456 e. The van der Waals surface area contributed by atoms with Crippen LogP contribution in [0.5, 0.6) is 0 Å². The van der Waals surface area contributed by atoms with E-state index >= 15 is 0 Å². The second-order valence-electron chi connectivity index (χ2n) is 5.96. The number of furan rings is 1. The molecule has 0 aliphatic rings. The summed E-state index contributed by atoms with van der Waals surface area (Å²) >= 11 is 0. The molecule has 0 atom stereocenters. The van der Waals surface area contributed by atoms with E-state index in [9.17, 15) is 0 Å². The normalized spacial score (nSPS) is 11.3. The minimum Gasteiger partial charge on any atom is -0.456 e. The van der Waals surface area contributed by atoms with Gasteiger partial charge < -0.3 is 9.73 Å². The second-order valence-corrected chi connectivity index (χ2v) is 5.96. The maximum absolute atomic E-state index is 6.00. The molecule has 0 spiro atoms. The molecule has 2 heteroatoms. The predicted molar refractivity (Wildman–Crippen MR) is 101 cm³/mol. The summed E-state index contributed by atoms with van der Waals surface area (Å²) in [5.41, 5.74) is 4.05. The van der Waals surface area contributed by atoms with Gasteiger partial charge in [-0.2, -0.15) is 0 Å². The van der Waals surface area contributed by atoms with Gasteiger partial charge in [-0.15, -0.1) is 0 Å². The van der Waals surface area contributed by atoms with Crippen LogP contribution in [0.25, 0.3) is 32.7 Å². The highest BCUT2D eigenvalue weighted by Crippen LogP contribution is 2.35. The minimum absolute atomic E-state index is 0.931. The molecule has 114 valence electrons. The van der Waals surface area contributed by atoms with Gasteiger partial charge in [-0.05, 0) is 41.8 Å². The van der Waals surface area contributed by atoms with Crippen molar-refractivity contribution in [3.8, 4) is 0 Å². The molecule has 24 heavy (non-hydrogen) atoms. The van der Waals surface area contributed by atoms with Crippen LogP contribution in [0, 0.1) is 0 Å². The summed E-state index contributed by atoms with van der Waals surface area (Å²) in [6, 6.07) is 29.1. The Balaban J connectivity index is 1.77. The number of hydrogen-bond acceptors (Lipinski definition) is 2. The zero-order valence-electron chi connectivity index (χ0n) is 13.0.